The predicted octanol–water partition coefficient (Wildman–Crippen LogP) is 3.41. The van der Waals surface area contributed by atoms with Crippen LogP contribution in [-0.4, -0.2) is 29.9 Å². The molecule has 0 radical (unpaired) electrons. The van der Waals surface area contributed by atoms with E-state index >= 15 is 0 Å². The van der Waals surface area contributed by atoms with Crippen molar-refractivity contribution in [2.45, 2.75) is 51.1 Å². The zero-order valence-corrected chi connectivity index (χ0v) is 13.5. The van der Waals surface area contributed by atoms with Crippen LogP contribution in [0.2, 0.25) is 0 Å². The van der Waals surface area contributed by atoms with Gasteiger partial charge < -0.3 is 10.2 Å². The normalized spacial score (nSPS) is 23.4. The third-order valence-electron chi connectivity index (χ3n) is 5.07. The number of benzene rings is 1. The lowest BCUT2D eigenvalue weighted by Gasteiger charge is -2.22. The molecule has 1 aliphatic heterocycles. The number of halogens is 2. The Kier molecular flexibility index (Phi) is 4.95. The lowest BCUT2D eigenvalue weighted by Crippen LogP contribution is -2.38. The van der Waals surface area contributed by atoms with Gasteiger partial charge in [0.2, 0.25) is 5.91 Å². The Labute approximate surface area is 136 Å². The molecule has 1 aliphatic carbocycles. The van der Waals surface area contributed by atoms with E-state index in [-0.39, 0.29) is 23.9 Å². The number of carbonyl (C=O) groups excluding carboxylic acids is 1. The van der Waals surface area contributed by atoms with Crippen molar-refractivity contribution < 1.29 is 13.6 Å². The summed E-state index contributed by atoms with van der Waals surface area (Å²) in [4.78, 5) is 14.4. The molecule has 23 heavy (non-hydrogen) atoms. The molecule has 0 aromatic heterocycles. The quantitative estimate of drug-likeness (QED) is 0.921. The van der Waals surface area contributed by atoms with Gasteiger partial charge in [0.15, 0.2) is 0 Å². The van der Waals surface area contributed by atoms with Crippen molar-refractivity contribution in [3.05, 3.63) is 35.4 Å². The van der Waals surface area contributed by atoms with Crippen molar-refractivity contribution in [1.82, 2.24) is 10.2 Å². The summed E-state index contributed by atoms with van der Waals surface area (Å²) in [7, 11) is 0. The summed E-state index contributed by atoms with van der Waals surface area (Å²) >= 11 is 0. The van der Waals surface area contributed by atoms with E-state index < -0.39 is 11.6 Å². The molecule has 3 rings (SSSR count). The fourth-order valence-electron chi connectivity index (χ4n) is 3.80. The Morgan fingerprint density at radius 1 is 1.17 bits per heavy atom. The van der Waals surface area contributed by atoms with Crippen LogP contribution in [-0.2, 0) is 4.79 Å². The molecule has 2 fully saturated rings. The molecule has 3 nitrogen and oxygen atoms in total. The number of nitrogens with zero attached hydrogens (tertiary/aromatic N) is 1. The van der Waals surface area contributed by atoms with Crippen molar-refractivity contribution in [2.75, 3.05) is 13.1 Å². The highest BCUT2D eigenvalue weighted by molar-refractivity contribution is 5.79. The topological polar surface area (TPSA) is 32.3 Å². The molecule has 1 saturated carbocycles. The van der Waals surface area contributed by atoms with Gasteiger partial charge in [0, 0.05) is 37.2 Å². The highest BCUT2D eigenvalue weighted by Gasteiger charge is 2.32. The smallest absolute Gasteiger partial charge is 0.225 e. The van der Waals surface area contributed by atoms with E-state index in [1.54, 1.807) is 0 Å². The standard InChI is InChI=1S/C18H24F2N2O/c1-12(14-8-15(19)10-16(20)9-14)21-17-6-7-22(11-17)18(23)13-4-2-3-5-13/h8-10,12-13,17,21H,2-7,11H2,1H3/t12-,17-/m0/s1. The van der Waals surface area contributed by atoms with Crippen LogP contribution in [0.3, 0.4) is 0 Å². The summed E-state index contributed by atoms with van der Waals surface area (Å²) < 4.78 is 26.6. The van der Waals surface area contributed by atoms with Crippen molar-refractivity contribution in [3.8, 4) is 0 Å². The first kappa shape index (κ1) is 16.4. The van der Waals surface area contributed by atoms with Crippen LogP contribution in [0, 0.1) is 17.6 Å². The molecule has 2 aliphatic rings. The van der Waals surface area contributed by atoms with Gasteiger partial charge in [0.1, 0.15) is 11.6 Å². The van der Waals surface area contributed by atoms with E-state index in [1.807, 2.05) is 11.8 Å². The fourth-order valence-corrected chi connectivity index (χ4v) is 3.80. The molecule has 1 heterocycles. The van der Waals surface area contributed by atoms with Crippen molar-refractivity contribution >= 4 is 5.91 Å². The first-order valence-corrected chi connectivity index (χ1v) is 8.54. The number of hydrogen-bond acceptors (Lipinski definition) is 2. The Morgan fingerprint density at radius 2 is 1.83 bits per heavy atom. The van der Waals surface area contributed by atoms with Gasteiger partial charge in [-0.05, 0) is 43.9 Å². The second-order valence-electron chi connectivity index (χ2n) is 6.84. The van der Waals surface area contributed by atoms with Crippen LogP contribution >= 0.6 is 0 Å². The van der Waals surface area contributed by atoms with Gasteiger partial charge in [-0.1, -0.05) is 12.8 Å². The molecule has 1 amide bonds. The van der Waals surface area contributed by atoms with Gasteiger partial charge in [-0.3, -0.25) is 4.79 Å². The van der Waals surface area contributed by atoms with Crippen molar-refractivity contribution in [2.24, 2.45) is 5.92 Å². The second kappa shape index (κ2) is 6.95. The SMILES string of the molecule is C[C@H](N[C@H]1CCN(C(=O)C2CCCC2)C1)c1cc(F)cc(F)c1. The first-order valence-electron chi connectivity index (χ1n) is 8.54. The Morgan fingerprint density at radius 3 is 2.48 bits per heavy atom. The zero-order chi connectivity index (χ0) is 16.4. The monoisotopic (exact) mass is 322 g/mol. The van der Waals surface area contributed by atoms with E-state index in [1.165, 1.54) is 12.1 Å². The number of likely N-dealkylation sites (tertiary alicyclic amines) is 1. The van der Waals surface area contributed by atoms with Crippen LogP contribution in [0.25, 0.3) is 0 Å². The summed E-state index contributed by atoms with van der Waals surface area (Å²) in [5, 5.41) is 3.40. The molecule has 0 bridgehead atoms. The molecule has 5 heteroatoms. The van der Waals surface area contributed by atoms with E-state index in [0.717, 1.165) is 44.7 Å². The van der Waals surface area contributed by atoms with E-state index in [0.29, 0.717) is 12.1 Å². The van der Waals surface area contributed by atoms with Gasteiger partial charge in [0.05, 0.1) is 0 Å². The maximum atomic E-state index is 13.3. The predicted molar refractivity (Wildman–Crippen MR) is 84.9 cm³/mol. The molecule has 1 aromatic carbocycles. The molecule has 126 valence electrons. The lowest BCUT2D eigenvalue weighted by atomic mass is 10.1. The highest BCUT2D eigenvalue weighted by Crippen LogP contribution is 2.28. The minimum Gasteiger partial charge on any atom is -0.341 e. The molecule has 1 saturated heterocycles. The molecule has 0 unspecified atom stereocenters. The average molecular weight is 322 g/mol. The summed E-state index contributed by atoms with van der Waals surface area (Å²) in [5.74, 6) is -0.615. The van der Waals surface area contributed by atoms with Gasteiger partial charge in [-0.2, -0.15) is 0 Å². The van der Waals surface area contributed by atoms with E-state index in [2.05, 4.69) is 5.32 Å². The largest absolute Gasteiger partial charge is 0.341 e. The summed E-state index contributed by atoms with van der Waals surface area (Å²) in [6, 6.07) is 3.63. The molecular weight excluding hydrogens is 298 g/mol. The number of carbonyl (C=O) groups is 1. The molecular formula is C18H24F2N2O. The van der Waals surface area contributed by atoms with Gasteiger partial charge in [-0.25, -0.2) is 8.78 Å². The third-order valence-corrected chi connectivity index (χ3v) is 5.07. The highest BCUT2D eigenvalue weighted by atomic mass is 19.1. The van der Waals surface area contributed by atoms with Crippen molar-refractivity contribution in [1.29, 1.82) is 0 Å². The number of rotatable bonds is 4. The van der Waals surface area contributed by atoms with Crippen LogP contribution < -0.4 is 5.32 Å². The average Bonchev–Trinajstić information content (AvgIpc) is 3.17. The first-order chi connectivity index (χ1) is 11.0. The van der Waals surface area contributed by atoms with Gasteiger partial charge >= 0.3 is 0 Å². The number of hydrogen-bond donors (Lipinski definition) is 1. The van der Waals surface area contributed by atoms with Gasteiger partial charge in [0.25, 0.3) is 0 Å². The maximum absolute atomic E-state index is 13.3. The minimum atomic E-state index is -0.557. The van der Waals surface area contributed by atoms with Crippen LogP contribution in [0.15, 0.2) is 18.2 Å². The summed E-state index contributed by atoms with van der Waals surface area (Å²) in [6.45, 7) is 3.37. The maximum Gasteiger partial charge on any atom is 0.225 e. The van der Waals surface area contributed by atoms with E-state index in [4.69, 9.17) is 0 Å². The molecule has 0 spiro atoms. The van der Waals surface area contributed by atoms with E-state index in [9.17, 15) is 13.6 Å². The Balaban J connectivity index is 1.55. The summed E-state index contributed by atoms with van der Waals surface area (Å²) in [5.41, 5.74) is 0.600. The Bertz CT molecular complexity index is 552. The van der Waals surface area contributed by atoms with Crippen LogP contribution in [0.4, 0.5) is 8.78 Å². The zero-order valence-electron chi connectivity index (χ0n) is 13.5. The molecule has 1 aromatic rings. The Hall–Kier alpha value is -1.49. The van der Waals surface area contributed by atoms with Crippen LogP contribution in [0.1, 0.15) is 50.6 Å². The number of nitrogens with one attached hydrogen (secondary N) is 1. The summed E-state index contributed by atoms with van der Waals surface area (Å²) in [6.07, 6.45) is 5.25. The third kappa shape index (κ3) is 3.89. The minimum absolute atomic E-state index is 0.147. The fraction of sp³-hybridized carbons (Fsp3) is 0.611. The second-order valence-corrected chi connectivity index (χ2v) is 6.84. The number of amides is 1. The van der Waals surface area contributed by atoms with Crippen molar-refractivity contribution in [3.63, 3.8) is 0 Å². The van der Waals surface area contributed by atoms with Crippen LogP contribution in [0.5, 0.6) is 0 Å². The molecule has 1 N–H and O–H groups in total. The van der Waals surface area contributed by atoms with Gasteiger partial charge in [-0.15, -0.1) is 0 Å². The lowest BCUT2D eigenvalue weighted by molar-refractivity contribution is -0.134. The molecule has 2 atom stereocenters.